The number of ether oxygens (including phenoxy) is 1. The average molecular weight is 344 g/mol. The molecule has 2 aromatic heterocycles. The Balaban J connectivity index is 1.39. The second-order valence-corrected chi connectivity index (χ2v) is 7.56. The summed E-state index contributed by atoms with van der Waals surface area (Å²) in [4.78, 5) is 6.99. The molecule has 2 aromatic rings. The van der Waals surface area contributed by atoms with Gasteiger partial charge in [0.05, 0.1) is 19.3 Å². The molecule has 0 spiro atoms. The van der Waals surface area contributed by atoms with Crippen molar-refractivity contribution in [2.45, 2.75) is 63.1 Å². The van der Waals surface area contributed by atoms with Crippen LogP contribution < -0.4 is 0 Å². The second kappa shape index (κ2) is 5.88. The van der Waals surface area contributed by atoms with Crippen LogP contribution in [-0.4, -0.2) is 49.1 Å². The van der Waals surface area contributed by atoms with Crippen LogP contribution in [0.1, 0.15) is 73.8 Å². The number of hydrogen-bond acceptors (Lipinski definition) is 7. The van der Waals surface area contributed by atoms with Gasteiger partial charge >= 0.3 is 0 Å². The molecule has 0 aromatic carbocycles. The zero-order valence-electron chi connectivity index (χ0n) is 14.8. The van der Waals surface area contributed by atoms with Gasteiger partial charge in [0.15, 0.2) is 5.82 Å². The molecule has 8 nitrogen and oxygen atoms in total. The summed E-state index contributed by atoms with van der Waals surface area (Å²) in [6.07, 6.45) is 4.81. The lowest BCUT2D eigenvalue weighted by Crippen LogP contribution is -2.44. The molecule has 3 aliphatic rings. The molecular weight excluding hydrogens is 320 g/mol. The summed E-state index contributed by atoms with van der Waals surface area (Å²) >= 11 is 0. The van der Waals surface area contributed by atoms with Gasteiger partial charge in [-0.1, -0.05) is 5.16 Å². The highest BCUT2D eigenvalue weighted by Gasteiger charge is 2.38. The first-order chi connectivity index (χ1) is 12.2. The van der Waals surface area contributed by atoms with Crippen LogP contribution in [0.25, 0.3) is 0 Å². The molecule has 2 aliphatic carbocycles. The zero-order valence-corrected chi connectivity index (χ0v) is 14.8. The van der Waals surface area contributed by atoms with E-state index < -0.39 is 0 Å². The minimum atomic E-state index is -0.0326. The largest absolute Gasteiger partial charge is 0.375 e. The molecule has 134 valence electrons. The van der Waals surface area contributed by atoms with Gasteiger partial charge in [-0.05, 0) is 32.6 Å². The Morgan fingerprint density at radius 2 is 1.92 bits per heavy atom. The van der Waals surface area contributed by atoms with Crippen molar-refractivity contribution in [2.24, 2.45) is 7.05 Å². The summed E-state index contributed by atoms with van der Waals surface area (Å²) in [7, 11) is 2.07. The second-order valence-electron chi connectivity index (χ2n) is 7.56. The summed E-state index contributed by atoms with van der Waals surface area (Å²) < 4.78 is 13.6. The summed E-state index contributed by atoms with van der Waals surface area (Å²) in [5.41, 5.74) is 0. The molecule has 2 saturated carbocycles. The van der Waals surface area contributed by atoms with E-state index in [2.05, 4.69) is 43.8 Å². The van der Waals surface area contributed by atoms with E-state index in [4.69, 9.17) is 9.26 Å². The molecule has 0 N–H and O–H groups in total. The Morgan fingerprint density at radius 3 is 2.68 bits per heavy atom. The number of hydrogen-bond donors (Lipinski definition) is 0. The van der Waals surface area contributed by atoms with E-state index in [9.17, 15) is 0 Å². The molecule has 2 atom stereocenters. The Hall–Kier alpha value is -1.80. The molecule has 1 saturated heterocycles. The van der Waals surface area contributed by atoms with E-state index in [1.165, 1.54) is 25.7 Å². The van der Waals surface area contributed by atoms with Gasteiger partial charge in [0.25, 0.3) is 0 Å². The third-order valence-electron chi connectivity index (χ3n) is 5.54. The lowest BCUT2D eigenvalue weighted by Gasteiger charge is -2.37. The molecule has 3 heterocycles. The first kappa shape index (κ1) is 15.5. The maximum absolute atomic E-state index is 5.87. The summed E-state index contributed by atoms with van der Waals surface area (Å²) in [6.45, 7) is 4.32. The first-order valence-electron chi connectivity index (χ1n) is 9.28. The monoisotopic (exact) mass is 344 g/mol. The summed E-state index contributed by atoms with van der Waals surface area (Å²) in [6, 6.07) is -0.0326. The van der Waals surface area contributed by atoms with Crippen LogP contribution in [0.4, 0.5) is 0 Å². The highest BCUT2D eigenvalue weighted by atomic mass is 16.5. The topological polar surface area (TPSA) is 82.1 Å². The standard InChI is InChI=1S/C17H24N6O2/c1-10-14(17-18-15(21-25-17)11-3-4-11)23(7-8-24-10)9-13-19-20-16(22(13)2)12-5-6-12/h10-12,14H,3-9H2,1-2H3/t10-,14+/m1/s1. The van der Waals surface area contributed by atoms with Gasteiger partial charge in [0.2, 0.25) is 5.89 Å². The minimum absolute atomic E-state index is 0.0115. The molecule has 25 heavy (non-hydrogen) atoms. The van der Waals surface area contributed by atoms with E-state index >= 15 is 0 Å². The van der Waals surface area contributed by atoms with Crippen LogP contribution in [0, 0.1) is 0 Å². The fourth-order valence-electron chi connectivity index (χ4n) is 3.68. The van der Waals surface area contributed by atoms with E-state index in [-0.39, 0.29) is 12.1 Å². The van der Waals surface area contributed by atoms with Crippen molar-refractivity contribution in [3.63, 3.8) is 0 Å². The number of aromatic nitrogens is 5. The predicted molar refractivity (Wildman–Crippen MR) is 87.8 cm³/mol. The number of nitrogens with zero attached hydrogens (tertiary/aromatic N) is 6. The van der Waals surface area contributed by atoms with E-state index in [0.29, 0.717) is 24.3 Å². The average Bonchev–Trinajstić information content (AvgIpc) is 3.53. The lowest BCUT2D eigenvalue weighted by atomic mass is 10.1. The molecule has 0 radical (unpaired) electrons. The third-order valence-corrected chi connectivity index (χ3v) is 5.54. The Labute approximate surface area is 146 Å². The molecule has 0 bridgehead atoms. The molecule has 3 fully saturated rings. The zero-order chi connectivity index (χ0) is 17.0. The maximum Gasteiger partial charge on any atom is 0.246 e. The summed E-state index contributed by atoms with van der Waals surface area (Å²) in [5, 5.41) is 13.0. The van der Waals surface area contributed by atoms with Gasteiger partial charge < -0.3 is 13.8 Å². The molecule has 5 rings (SSSR count). The maximum atomic E-state index is 5.87. The van der Waals surface area contributed by atoms with E-state index in [1.807, 2.05) is 0 Å². The van der Waals surface area contributed by atoms with Crippen molar-refractivity contribution < 1.29 is 9.26 Å². The van der Waals surface area contributed by atoms with Crippen LogP contribution >= 0.6 is 0 Å². The van der Waals surface area contributed by atoms with Crippen molar-refractivity contribution in [2.75, 3.05) is 13.2 Å². The number of morpholine rings is 1. The van der Waals surface area contributed by atoms with Crippen molar-refractivity contribution in [3.05, 3.63) is 23.4 Å². The van der Waals surface area contributed by atoms with Gasteiger partial charge in [-0.15, -0.1) is 10.2 Å². The van der Waals surface area contributed by atoms with Gasteiger partial charge in [-0.3, -0.25) is 4.90 Å². The Morgan fingerprint density at radius 1 is 1.12 bits per heavy atom. The normalized spacial score (nSPS) is 27.8. The quantitative estimate of drug-likeness (QED) is 0.819. The smallest absolute Gasteiger partial charge is 0.246 e. The van der Waals surface area contributed by atoms with Gasteiger partial charge in [-0.2, -0.15) is 4.98 Å². The highest BCUT2D eigenvalue weighted by molar-refractivity contribution is 5.09. The van der Waals surface area contributed by atoms with Crippen LogP contribution in [0.3, 0.4) is 0 Å². The lowest BCUT2D eigenvalue weighted by molar-refractivity contribution is -0.0773. The Bertz CT molecular complexity index is 763. The van der Waals surface area contributed by atoms with Crippen LogP contribution in [0.15, 0.2) is 4.52 Å². The highest BCUT2D eigenvalue weighted by Crippen LogP contribution is 2.40. The van der Waals surface area contributed by atoms with Gasteiger partial charge in [-0.25, -0.2) is 0 Å². The molecule has 0 unspecified atom stereocenters. The van der Waals surface area contributed by atoms with Crippen LogP contribution in [0.5, 0.6) is 0 Å². The van der Waals surface area contributed by atoms with Gasteiger partial charge in [0, 0.05) is 25.4 Å². The fraction of sp³-hybridized carbons (Fsp3) is 0.765. The van der Waals surface area contributed by atoms with Gasteiger partial charge in [0.1, 0.15) is 17.7 Å². The summed E-state index contributed by atoms with van der Waals surface area (Å²) in [5.74, 6) is 4.71. The van der Waals surface area contributed by atoms with Crippen LogP contribution in [0.2, 0.25) is 0 Å². The molecule has 1 aliphatic heterocycles. The van der Waals surface area contributed by atoms with Crippen molar-refractivity contribution in [3.8, 4) is 0 Å². The number of rotatable bonds is 5. The minimum Gasteiger partial charge on any atom is -0.375 e. The molecule has 0 amide bonds. The molecule has 8 heteroatoms. The Kier molecular flexibility index (Phi) is 3.63. The van der Waals surface area contributed by atoms with Crippen LogP contribution in [-0.2, 0) is 18.3 Å². The van der Waals surface area contributed by atoms with E-state index in [1.54, 1.807) is 0 Å². The predicted octanol–water partition coefficient (Wildman–Crippen LogP) is 1.91. The fourth-order valence-corrected chi connectivity index (χ4v) is 3.68. The van der Waals surface area contributed by atoms with Crippen molar-refractivity contribution >= 4 is 0 Å². The molecular formula is C17H24N6O2. The van der Waals surface area contributed by atoms with Crippen molar-refractivity contribution in [1.29, 1.82) is 0 Å². The third kappa shape index (κ3) is 2.87. The van der Waals surface area contributed by atoms with E-state index in [0.717, 1.165) is 30.6 Å². The first-order valence-corrected chi connectivity index (χ1v) is 9.28. The van der Waals surface area contributed by atoms with Crippen molar-refractivity contribution in [1.82, 2.24) is 29.8 Å². The SMILES string of the molecule is C[C@H]1OCCN(Cc2nnc(C3CC3)n2C)[C@@H]1c1nc(C2CC2)no1.